The summed E-state index contributed by atoms with van der Waals surface area (Å²) < 4.78 is 40.3. The van der Waals surface area contributed by atoms with Crippen LogP contribution in [0, 0.1) is 5.82 Å². The van der Waals surface area contributed by atoms with Gasteiger partial charge in [-0.3, -0.25) is 0 Å². The van der Waals surface area contributed by atoms with Crippen molar-refractivity contribution in [1.29, 1.82) is 0 Å². The van der Waals surface area contributed by atoms with Crippen molar-refractivity contribution in [2.75, 3.05) is 15.9 Å². The molecule has 2 heterocycles. The molecule has 0 amide bonds. The van der Waals surface area contributed by atoms with Gasteiger partial charge in [-0.1, -0.05) is 42.5 Å². The molecule has 4 aromatic rings. The zero-order chi connectivity index (χ0) is 25.7. The van der Waals surface area contributed by atoms with Crippen LogP contribution in [0.3, 0.4) is 0 Å². The van der Waals surface area contributed by atoms with Crippen LogP contribution in [0.15, 0.2) is 79.0 Å². The number of nitrogens with one attached hydrogen (secondary N) is 1. The SMILES string of the molecule is CC(Cc1cccc(CO)c1)Nc1nccc(N(c2cccc(-c3cccc(F)c3)n2)S(C)(=O)=O)n1. The number of anilines is 3. The van der Waals surface area contributed by atoms with Crippen molar-refractivity contribution < 1.29 is 17.9 Å². The summed E-state index contributed by atoms with van der Waals surface area (Å²) in [5.41, 5.74) is 2.81. The Hall–Kier alpha value is -3.89. The van der Waals surface area contributed by atoms with Gasteiger partial charge in [0.2, 0.25) is 16.0 Å². The van der Waals surface area contributed by atoms with Gasteiger partial charge in [-0.15, -0.1) is 0 Å². The van der Waals surface area contributed by atoms with Crippen LogP contribution in [0.25, 0.3) is 11.3 Å². The lowest BCUT2D eigenvalue weighted by atomic mass is 10.0. The van der Waals surface area contributed by atoms with Gasteiger partial charge in [0.25, 0.3) is 0 Å². The van der Waals surface area contributed by atoms with Crippen molar-refractivity contribution in [2.45, 2.75) is 26.0 Å². The Bertz CT molecular complexity index is 1470. The van der Waals surface area contributed by atoms with Crippen LogP contribution in [0.5, 0.6) is 0 Å². The van der Waals surface area contributed by atoms with E-state index in [-0.39, 0.29) is 30.2 Å². The highest BCUT2D eigenvalue weighted by molar-refractivity contribution is 7.92. The molecule has 36 heavy (non-hydrogen) atoms. The molecule has 0 radical (unpaired) electrons. The van der Waals surface area contributed by atoms with Crippen molar-refractivity contribution >= 4 is 27.6 Å². The standard InChI is InChI=1S/C26H26FN5O3S/c1-18(14-19-6-3-7-20(15-19)17-33)29-26-28-13-12-25(31-26)32(36(2,34)35)24-11-5-10-23(30-24)21-8-4-9-22(27)16-21/h3-13,15-16,18,33H,14,17H2,1-2H3,(H,28,29,31). The quantitative estimate of drug-likeness (QED) is 0.348. The summed E-state index contributed by atoms with van der Waals surface area (Å²) in [6.45, 7) is 1.93. The summed E-state index contributed by atoms with van der Waals surface area (Å²) in [7, 11) is -3.82. The molecule has 10 heteroatoms. The molecule has 1 unspecified atom stereocenters. The lowest BCUT2D eigenvalue weighted by Gasteiger charge is -2.22. The summed E-state index contributed by atoms with van der Waals surface area (Å²) in [6.07, 6.45) is 3.18. The molecule has 0 saturated carbocycles. The van der Waals surface area contributed by atoms with Gasteiger partial charge >= 0.3 is 0 Å². The number of nitrogens with zero attached hydrogens (tertiary/aromatic N) is 4. The summed E-state index contributed by atoms with van der Waals surface area (Å²) in [6, 6.07) is 19.9. The molecule has 0 bridgehead atoms. The van der Waals surface area contributed by atoms with E-state index in [1.165, 1.54) is 24.4 Å². The molecule has 0 fully saturated rings. The molecule has 8 nitrogen and oxygen atoms in total. The van der Waals surface area contributed by atoms with Gasteiger partial charge < -0.3 is 10.4 Å². The van der Waals surface area contributed by atoms with E-state index in [4.69, 9.17) is 0 Å². The fraction of sp³-hybridized carbons (Fsp3) is 0.192. The van der Waals surface area contributed by atoms with Gasteiger partial charge in [-0.2, -0.15) is 4.98 Å². The first-order valence-electron chi connectivity index (χ1n) is 11.2. The van der Waals surface area contributed by atoms with Crippen molar-refractivity contribution in [3.8, 4) is 11.3 Å². The lowest BCUT2D eigenvalue weighted by Crippen LogP contribution is -2.27. The number of aliphatic hydroxyl groups is 1. The van der Waals surface area contributed by atoms with E-state index in [1.54, 1.807) is 30.3 Å². The third-order valence-electron chi connectivity index (χ3n) is 5.33. The number of aliphatic hydroxyl groups excluding tert-OH is 1. The van der Waals surface area contributed by atoms with Crippen LogP contribution >= 0.6 is 0 Å². The molecule has 0 aliphatic carbocycles. The summed E-state index contributed by atoms with van der Waals surface area (Å²) in [4.78, 5) is 13.1. The molecule has 0 aliphatic heterocycles. The number of sulfonamides is 1. The molecule has 2 aromatic carbocycles. The van der Waals surface area contributed by atoms with Gasteiger partial charge in [-0.05, 0) is 48.7 Å². The second-order valence-corrected chi connectivity index (χ2v) is 10.2. The fourth-order valence-corrected chi connectivity index (χ4v) is 4.70. The Balaban J connectivity index is 1.61. The van der Waals surface area contributed by atoms with E-state index in [0.717, 1.165) is 21.7 Å². The first-order chi connectivity index (χ1) is 17.2. The molecule has 0 spiro atoms. The van der Waals surface area contributed by atoms with E-state index in [2.05, 4.69) is 20.3 Å². The minimum atomic E-state index is -3.82. The Kier molecular flexibility index (Phi) is 7.56. The van der Waals surface area contributed by atoms with Crippen molar-refractivity contribution in [2.24, 2.45) is 0 Å². The highest BCUT2D eigenvalue weighted by atomic mass is 32.2. The Morgan fingerprint density at radius 3 is 2.44 bits per heavy atom. The largest absolute Gasteiger partial charge is 0.392 e. The number of hydrogen-bond donors (Lipinski definition) is 2. The topological polar surface area (TPSA) is 108 Å². The summed E-state index contributed by atoms with van der Waals surface area (Å²) in [5, 5.41) is 12.6. The lowest BCUT2D eigenvalue weighted by molar-refractivity contribution is 0.281. The number of rotatable bonds is 9. The van der Waals surface area contributed by atoms with E-state index < -0.39 is 15.8 Å². The van der Waals surface area contributed by atoms with Gasteiger partial charge in [0, 0.05) is 23.9 Å². The average molecular weight is 508 g/mol. The molecular formula is C26H26FN5O3S. The van der Waals surface area contributed by atoms with Crippen LogP contribution in [0.2, 0.25) is 0 Å². The predicted octanol–water partition coefficient (Wildman–Crippen LogP) is 4.31. The monoisotopic (exact) mass is 507 g/mol. The number of halogens is 1. The number of benzene rings is 2. The number of aromatic nitrogens is 3. The number of pyridine rings is 1. The van der Waals surface area contributed by atoms with Gasteiger partial charge in [0.05, 0.1) is 18.6 Å². The van der Waals surface area contributed by atoms with Gasteiger partial charge in [-0.25, -0.2) is 27.1 Å². The second-order valence-electron chi connectivity index (χ2n) is 8.38. The first-order valence-corrected chi connectivity index (χ1v) is 13.1. The molecule has 1 atom stereocenters. The Labute approximate surface area is 209 Å². The zero-order valence-corrected chi connectivity index (χ0v) is 20.7. The van der Waals surface area contributed by atoms with Crippen LogP contribution in [0.1, 0.15) is 18.1 Å². The maximum absolute atomic E-state index is 13.7. The third-order valence-corrected chi connectivity index (χ3v) is 6.37. The maximum Gasteiger partial charge on any atom is 0.239 e. The highest BCUT2D eigenvalue weighted by Crippen LogP contribution is 2.28. The molecule has 2 N–H and O–H groups in total. The molecular weight excluding hydrogens is 481 g/mol. The molecule has 4 rings (SSSR count). The smallest absolute Gasteiger partial charge is 0.239 e. The normalized spacial score (nSPS) is 12.2. The Morgan fingerprint density at radius 2 is 1.69 bits per heavy atom. The van der Waals surface area contributed by atoms with E-state index in [0.29, 0.717) is 17.7 Å². The van der Waals surface area contributed by atoms with Crippen LogP contribution in [-0.2, 0) is 23.1 Å². The van der Waals surface area contributed by atoms with E-state index in [9.17, 15) is 17.9 Å². The third kappa shape index (κ3) is 6.21. The maximum atomic E-state index is 13.7. The van der Waals surface area contributed by atoms with Crippen LogP contribution in [-0.4, -0.2) is 40.8 Å². The summed E-state index contributed by atoms with van der Waals surface area (Å²) in [5.74, 6) is 0.0859. The molecule has 2 aromatic heterocycles. The molecule has 0 saturated heterocycles. The predicted molar refractivity (Wildman–Crippen MR) is 138 cm³/mol. The van der Waals surface area contributed by atoms with Gasteiger partial charge in [0.15, 0.2) is 5.82 Å². The van der Waals surface area contributed by atoms with Crippen LogP contribution < -0.4 is 9.62 Å². The Morgan fingerprint density at radius 1 is 0.972 bits per heavy atom. The van der Waals surface area contributed by atoms with Crippen molar-refractivity contribution in [1.82, 2.24) is 15.0 Å². The van der Waals surface area contributed by atoms with E-state index >= 15 is 0 Å². The van der Waals surface area contributed by atoms with Crippen LogP contribution in [0.4, 0.5) is 22.0 Å². The average Bonchev–Trinajstić information content (AvgIpc) is 2.84. The van der Waals surface area contributed by atoms with Crippen molar-refractivity contribution in [3.05, 3.63) is 95.9 Å². The first kappa shape index (κ1) is 25.2. The zero-order valence-electron chi connectivity index (χ0n) is 19.8. The second kappa shape index (κ2) is 10.8. The van der Waals surface area contributed by atoms with E-state index in [1.807, 2.05) is 31.2 Å². The molecule has 186 valence electrons. The minimum absolute atomic E-state index is 0.0312. The van der Waals surface area contributed by atoms with Crippen molar-refractivity contribution in [3.63, 3.8) is 0 Å². The summed E-state index contributed by atoms with van der Waals surface area (Å²) >= 11 is 0. The minimum Gasteiger partial charge on any atom is -0.392 e. The fourth-order valence-electron chi connectivity index (χ4n) is 3.81. The number of hydrogen-bond acceptors (Lipinski definition) is 7. The van der Waals surface area contributed by atoms with Gasteiger partial charge in [0.1, 0.15) is 11.6 Å². The molecule has 0 aliphatic rings. The highest BCUT2D eigenvalue weighted by Gasteiger charge is 2.24.